The SMILES string of the molecule is c1ccc(C(CCNc2ncnc3c2ncn3CCN2CCOCC2)c2ccccc2)cc1. The van der Waals surface area contributed by atoms with Gasteiger partial charge in [0.15, 0.2) is 11.5 Å². The van der Waals surface area contributed by atoms with Crippen LogP contribution in [0.4, 0.5) is 5.82 Å². The zero-order chi connectivity index (χ0) is 22.3. The molecule has 0 spiro atoms. The van der Waals surface area contributed by atoms with Crippen molar-refractivity contribution in [2.24, 2.45) is 0 Å². The zero-order valence-corrected chi connectivity index (χ0v) is 18.8. The van der Waals surface area contributed by atoms with Crippen LogP contribution in [0.5, 0.6) is 0 Å². The van der Waals surface area contributed by atoms with E-state index in [0.29, 0.717) is 5.92 Å². The van der Waals surface area contributed by atoms with Gasteiger partial charge in [0.05, 0.1) is 19.5 Å². The second-order valence-corrected chi connectivity index (χ2v) is 8.38. The molecule has 7 heteroatoms. The minimum absolute atomic E-state index is 0.323. The Bertz CT molecular complexity index is 1100. The summed E-state index contributed by atoms with van der Waals surface area (Å²) >= 11 is 0. The molecule has 0 bridgehead atoms. The van der Waals surface area contributed by atoms with Crippen LogP contribution >= 0.6 is 0 Å². The largest absolute Gasteiger partial charge is 0.379 e. The molecule has 1 N–H and O–H groups in total. The molecule has 1 fully saturated rings. The van der Waals surface area contributed by atoms with Crippen LogP contribution in [0.3, 0.4) is 0 Å². The molecule has 5 rings (SSSR count). The van der Waals surface area contributed by atoms with E-state index < -0.39 is 0 Å². The number of imidazole rings is 1. The van der Waals surface area contributed by atoms with Crippen LogP contribution in [-0.2, 0) is 11.3 Å². The highest BCUT2D eigenvalue weighted by Gasteiger charge is 2.16. The molecule has 1 saturated heterocycles. The molecule has 1 aliphatic heterocycles. The second kappa shape index (κ2) is 10.6. The smallest absolute Gasteiger partial charge is 0.165 e. The highest BCUT2D eigenvalue weighted by molar-refractivity contribution is 5.82. The Labute approximate surface area is 194 Å². The Morgan fingerprint density at radius 2 is 1.55 bits per heavy atom. The normalized spacial score (nSPS) is 14.7. The molecule has 7 nitrogen and oxygen atoms in total. The van der Waals surface area contributed by atoms with Gasteiger partial charge in [0.2, 0.25) is 0 Å². The van der Waals surface area contributed by atoms with E-state index in [1.54, 1.807) is 6.33 Å². The van der Waals surface area contributed by atoms with Gasteiger partial charge < -0.3 is 14.6 Å². The number of rotatable bonds is 9. The topological polar surface area (TPSA) is 68.1 Å². The lowest BCUT2D eigenvalue weighted by atomic mass is 9.88. The Morgan fingerprint density at radius 3 is 2.24 bits per heavy atom. The number of ether oxygens (including phenoxy) is 1. The van der Waals surface area contributed by atoms with Crippen molar-refractivity contribution in [3.8, 4) is 0 Å². The van der Waals surface area contributed by atoms with Crippen LogP contribution in [0.1, 0.15) is 23.5 Å². The molecule has 0 atom stereocenters. The summed E-state index contributed by atoms with van der Waals surface area (Å²) < 4.78 is 7.56. The first-order valence-corrected chi connectivity index (χ1v) is 11.7. The Hall–Kier alpha value is -3.29. The Morgan fingerprint density at radius 1 is 0.848 bits per heavy atom. The highest BCUT2D eigenvalue weighted by Crippen LogP contribution is 2.28. The van der Waals surface area contributed by atoms with Gasteiger partial charge in [0, 0.05) is 38.6 Å². The predicted molar refractivity (Wildman–Crippen MR) is 130 cm³/mol. The molecular formula is C26H30N6O. The lowest BCUT2D eigenvalue weighted by Gasteiger charge is -2.26. The lowest BCUT2D eigenvalue weighted by molar-refractivity contribution is 0.0365. The quantitative estimate of drug-likeness (QED) is 0.425. The number of benzene rings is 2. The fourth-order valence-corrected chi connectivity index (χ4v) is 4.48. The van der Waals surface area contributed by atoms with E-state index >= 15 is 0 Å². The average molecular weight is 443 g/mol. The molecule has 0 saturated carbocycles. The molecule has 170 valence electrons. The minimum Gasteiger partial charge on any atom is -0.379 e. The first-order chi connectivity index (χ1) is 16.4. The third-order valence-electron chi connectivity index (χ3n) is 6.29. The Balaban J connectivity index is 1.26. The number of anilines is 1. The number of hydrogen-bond donors (Lipinski definition) is 1. The molecule has 0 unspecified atom stereocenters. The summed E-state index contributed by atoms with van der Waals surface area (Å²) in [6.07, 6.45) is 4.46. The van der Waals surface area contributed by atoms with Crippen molar-refractivity contribution in [1.82, 2.24) is 24.4 Å². The van der Waals surface area contributed by atoms with E-state index in [9.17, 15) is 0 Å². The van der Waals surface area contributed by atoms with Crippen LogP contribution in [0.15, 0.2) is 73.3 Å². The Kier molecular flexibility index (Phi) is 6.89. The van der Waals surface area contributed by atoms with E-state index in [-0.39, 0.29) is 0 Å². The fourth-order valence-electron chi connectivity index (χ4n) is 4.48. The number of aromatic nitrogens is 4. The maximum Gasteiger partial charge on any atom is 0.165 e. The standard InChI is InChI=1S/C26H30N6O/c1-3-7-21(8-4-1)23(22-9-5-2-6-10-22)11-12-27-25-24-26(29-19-28-25)32(20-30-24)14-13-31-15-17-33-18-16-31/h1-10,19-20,23H,11-18H2,(H,27,28,29). The summed E-state index contributed by atoms with van der Waals surface area (Å²) in [5.41, 5.74) is 4.36. The fraction of sp³-hybridized carbons (Fsp3) is 0.346. The molecule has 4 aromatic rings. The minimum atomic E-state index is 0.323. The van der Waals surface area contributed by atoms with Gasteiger partial charge >= 0.3 is 0 Å². The lowest BCUT2D eigenvalue weighted by Crippen LogP contribution is -2.38. The third kappa shape index (κ3) is 5.21. The first kappa shape index (κ1) is 21.6. The van der Waals surface area contributed by atoms with Gasteiger partial charge in [0.25, 0.3) is 0 Å². The maximum absolute atomic E-state index is 5.44. The molecule has 33 heavy (non-hydrogen) atoms. The van der Waals surface area contributed by atoms with Crippen LogP contribution in [0.25, 0.3) is 11.2 Å². The van der Waals surface area contributed by atoms with Crippen molar-refractivity contribution < 1.29 is 4.74 Å². The van der Waals surface area contributed by atoms with Gasteiger partial charge in [-0.25, -0.2) is 15.0 Å². The number of morpholine rings is 1. The molecule has 0 aliphatic carbocycles. The summed E-state index contributed by atoms with van der Waals surface area (Å²) in [4.78, 5) is 16.0. The first-order valence-electron chi connectivity index (χ1n) is 11.7. The monoisotopic (exact) mass is 442 g/mol. The molecule has 3 heterocycles. The van der Waals surface area contributed by atoms with Gasteiger partial charge in [-0.1, -0.05) is 60.7 Å². The highest BCUT2D eigenvalue weighted by atomic mass is 16.5. The van der Waals surface area contributed by atoms with E-state index in [4.69, 9.17) is 4.74 Å². The number of nitrogens with one attached hydrogen (secondary N) is 1. The molecular weight excluding hydrogens is 412 g/mol. The van der Waals surface area contributed by atoms with Crippen molar-refractivity contribution in [1.29, 1.82) is 0 Å². The summed E-state index contributed by atoms with van der Waals surface area (Å²) in [6.45, 7) is 6.22. The average Bonchev–Trinajstić information content (AvgIpc) is 3.31. The number of hydrogen-bond acceptors (Lipinski definition) is 6. The third-order valence-corrected chi connectivity index (χ3v) is 6.29. The van der Waals surface area contributed by atoms with Gasteiger partial charge in [-0.2, -0.15) is 0 Å². The van der Waals surface area contributed by atoms with E-state index in [2.05, 4.69) is 90.4 Å². The summed E-state index contributed by atoms with van der Waals surface area (Å²) in [5.74, 6) is 1.12. The van der Waals surface area contributed by atoms with Crippen LogP contribution in [0.2, 0.25) is 0 Å². The summed E-state index contributed by atoms with van der Waals surface area (Å²) in [7, 11) is 0. The van der Waals surface area contributed by atoms with E-state index in [0.717, 1.165) is 69.3 Å². The maximum atomic E-state index is 5.44. The van der Waals surface area contributed by atoms with Gasteiger partial charge in [-0.05, 0) is 17.5 Å². The molecule has 0 amide bonds. The number of nitrogens with zero attached hydrogens (tertiary/aromatic N) is 5. The van der Waals surface area contributed by atoms with Crippen LogP contribution in [0, 0.1) is 0 Å². The van der Waals surface area contributed by atoms with Crippen molar-refractivity contribution in [3.63, 3.8) is 0 Å². The van der Waals surface area contributed by atoms with Crippen molar-refractivity contribution in [3.05, 3.63) is 84.4 Å². The predicted octanol–water partition coefficient (Wildman–Crippen LogP) is 3.79. The summed E-state index contributed by atoms with van der Waals surface area (Å²) in [5, 5.41) is 3.52. The molecule has 0 radical (unpaired) electrons. The van der Waals surface area contributed by atoms with Crippen LogP contribution in [-0.4, -0.2) is 63.8 Å². The summed E-state index contributed by atoms with van der Waals surface area (Å²) in [6, 6.07) is 21.4. The van der Waals surface area contributed by atoms with Gasteiger partial charge in [0.1, 0.15) is 11.8 Å². The molecule has 2 aromatic carbocycles. The van der Waals surface area contributed by atoms with Gasteiger partial charge in [-0.3, -0.25) is 4.90 Å². The van der Waals surface area contributed by atoms with Crippen molar-refractivity contribution in [2.75, 3.05) is 44.7 Å². The molecule has 1 aliphatic rings. The zero-order valence-electron chi connectivity index (χ0n) is 18.8. The number of fused-ring (bicyclic) bond motifs is 1. The van der Waals surface area contributed by atoms with Gasteiger partial charge in [-0.15, -0.1) is 0 Å². The second-order valence-electron chi connectivity index (χ2n) is 8.38. The van der Waals surface area contributed by atoms with Crippen molar-refractivity contribution in [2.45, 2.75) is 18.9 Å². The van der Waals surface area contributed by atoms with E-state index in [1.807, 2.05) is 6.33 Å². The van der Waals surface area contributed by atoms with Crippen molar-refractivity contribution >= 4 is 17.0 Å². The molecule has 2 aromatic heterocycles. The van der Waals surface area contributed by atoms with E-state index in [1.165, 1.54) is 11.1 Å². The van der Waals surface area contributed by atoms with Crippen LogP contribution < -0.4 is 5.32 Å².